The van der Waals surface area contributed by atoms with Gasteiger partial charge in [-0.3, -0.25) is 14.5 Å². The van der Waals surface area contributed by atoms with E-state index in [1.54, 1.807) is 12.1 Å². The first kappa shape index (κ1) is 28.3. The maximum atomic E-state index is 13.6. The summed E-state index contributed by atoms with van der Waals surface area (Å²) in [7, 11) is 0. The Morgan fingerprint density at radius 1 is 0.952 bits per heavy atom. The van der Waals surface area contributed by atoms with E-state index < -0.39 is 29.7 Å². The second kappa shape index (κ2) is 11.4. The highest BCUT2D eigenvalue weighted by atomic mass is 19.1. The summed E-state index contributed by atoms with van der Waals surface area (Å²) < 4.78 is 27.7. The van der Waals surface area contributed by atoms with Crippen LogP contribution in [-0.2, 0) is 9.59 Å². The Balaban J connectivity index is 1.19. The molecule has 2 amide bonds. The first-order valence-corrected chi connectivity index (χ1v) is 14.4. The van der Waals surface area contributed by atoms with Gasteiger partial charge in [0.25, 0.3) is 5.91 Å². The van der Waals surface area contributed by atoms with E-state index in [0.29, 0.717) is 35.5 Å². The molecule has 4 aliphatic heterocycles. The van der Waals surface area contributed by atoms with Crippen LogP contribution in [0.3, 0.4) is 0 Å². The molecule has 2 bridgehead atoms. The summed E-state index contributed by atoms with van der Waals surface area (Å²) in [6, 6.07) is 15.5. The monoisotopic (exact) mass is 577 g/mol. The van der Waals surface area contributed by atoms with Crippen molar-refractivity contribution in [2.75, 3.05) is 56.0 Å². The largest absolute Gasteiger partial charge is 0.508 e. The first-order valence-electron chi connectivity index (χ1n) is 14.4. The predicted molar refractivity (Wildman–Crippen MR) is 154 cm³/mol. The second-order valence-electron chi connectivity index (χ2n) is 11.7. The summed E-state index contributed by atoms with van der Waals surface area (Å²) in [4.78, 5) is 30.3. The number of aromatic hydroxyl groups is 1. The van der Waals surface area contributed by atoms with Crippen molar-refractivity contribution in [3.63, 3.8) is 0 Å². The Hall–Kier alpha value is -3.86. The summed E-state index contributed by atoms with van der Waals surface area (Å²) >= 11 is 0. The number of amides is 2. The molecule has 10 heteroatoms. The standard InChI is InChI=1S/C32H34F2N4O4/c33-22-3-1-21(2-4-22)28(39)12-11-27-31(37(32(27)42)25-8-5-23(34)6-9-25)26-10-7-24(19-29(26)40)35-30(41)20-38-16-13-36(14-17-38)15-18-38/h1-10,19,27-28,31,39H,11-18,20H2,(H-,35,40,41)/p+1/t27-,28+,31-/m1/s1. The van der Waals surface area contributed by atoms with Crippen molar-refractivity contribution in [2.24, 2.45) is 5.92 Å². The Labute approximate surface area is 243 Å². The number of carbonyl (C=O) groups is 2. The fraction of sp³-hybridized carbons (Fsp3) is 0.375. The molecule has 4 fully saturated rings. The smallest absolute Gasteiger partial charge is 0.279 e. The third-order valence-corrected chi connectivity index (χ3v) is 9.11. The number of rotatable bonds is 9. The minimum Gasteiger partial charge on any atom is -0.508 e. The number of hydrogen-bond donors (Lipinski definition) is 3. The highest BCUT2D eigenvalue weighted by Crippen LogP contribution is 2.49. The van der Waals surface area contributed by atoms with Gasteiger partial charge in [0.1, 0.15) is 17.4 Å². The van der Waals surface area contributed by atoms with Gasteiger partial charge in [-0.1, -0.05) is 18.2 Å². The molecule has 0 radical (unpaired) electrons. The van der Waals surface area contributed by atoms with E-state index in [1.165, 1.54) is 59.5 Å². The molecule has 4 saturated heterocycles. The maximum absolute atomic E-state index is 13.6. The van der Waals surface area contributed by atoms with Gasteiger partial charge in [-0.15, -0.1) is 0 Å². The highest BCUT2D eigenvalue weighted by Gasteiger charge is 2.49. The molecule has 8 nitrogen and oxygen atoms in total. The maximum Gasteiger partial charge on any atom is 0.279 e. The van der Waals surface area contributed by atoms with E-state index in [4.69, 9.17) is 0 Å². The number of aliphatic hydroxyl groups excluding tert-OH is 1. The van der Waals surface area contributed by atoms with E-state index in [1.807, 2.05) is 0 Å². The number of piperazine rings is 3. The summed E-state index contributed by atoms with van der Waals surface area (Å²) in [6.45, 7) is 6.31. The number of anilines is 2. The number of phenols is 1. The Kier molecular flexibility index (Phi) is 7.69. The average molecular weight is 578 g/mol. The minimum atomic E-state index is -0.889. The quantitative estimate of drug-likeness (QED) is 0.265. The molecule has 42 heavy (non-hydrogen) atoms. The van der Waals surface area contributed by atoms with Gasteiger partial charge < -0.3 is 24.9 Å². The number of nitrogens with one attached hydrogen (secondary N) is 1. The SMILES string of the molecule is O=C(C[N+]12CCN(CC1)CC2)Nc1ccc([C@@H]2[C@@H](CC[C@H](O)c3ccc(F)cc3)C(=O)N2c2ccc(F)cc2)c(O)c1. The third kappa shape index (κ3) is 5.62. The molecular weight excluding hydrogens is 542 g/mol. The molecule has 4 aliphatic rings. The number of quaternary nitrogens is 1. The second-order valence-corrected chi connectivity index (χ2v) is 11.7. The van der Waals surface area contributed by atoms with Crippen LogP contribution in [0, 0.1) is 17.6 Å². The summed E-state index contributed by atoms with van der Waals surface area (Å²) in [6.07, 6.45) is -0.322. The normalized spacial score (nSPS) is 25.6. The lowest BCUT2D eigenvalue weighted by molar-refractivity contribution is -0.933. The molecule has 0 aliphatic carbocycles. The van der Waals surface area contributed by atoms with Crippen LogP contribution >= 0.6 is 0 Å². The van der Waals surface area contributed by atoms with Gasteiger partial charge in [0.2, 0.25) is 5.91 Å². The lowest BCUT2D eigenvalue weighted by Gasteiger charge is -2.50. The number of hydrogen-bond acceptors (Lipinski definition) is 5. The molecule has 7 rings (SSSR count). The van der Waals surface area contributed by atoms with Crippen LogP contribution in [0.15, 0.2) is 66.7 Å². The lowest BCUT2D eigenvalue weighted by Crippen LogP contribution is -2.68. The minimum absolute atomic E-state index is 0.0693. The van der Waals surface area contributed by atoms with Crippen molar-refractivity contribution in [1.82, 2.24) is 4.90 Å². The van der Waals surface area contributed by atoms with E-state index in [9.17, 15) is 28.6 Å². The van der Waals surface area contributed by atoms with Crippen LogP contribution < -0.4 is 10.2 Å². The predicted octanol–water partition coefficient (Wildman–Crippen LogP) is 3.97. The van der Waals surface area contributed by atoms with E-state index in [2.05, 4.69) is 10.2 Å². The zero-order chi connectivity index (χ0) is 29.4. The van der Waals surface area contributed by atoms with E-state index in [-0.39, 0.29) is 24.0 Å². The fourth-order valence-electron chi connectivity index (χ4n) is 6.61. The Bertz CT molecular complexity index is 1440. The number of carbonyl (C=O) groups excluding carboxylic acids is 2. The molecule has 4 heterocycles. The van der Waals surface area contributed by atoms with Gasteiger partial charge >= 0.3 is 0 Å². The Morgan fingerprint density at radius 2 is 1.57 bits per heavy atom. The number of halogens is 2. The molecule has 3 aromatic rings. The van der Waals surface area contributed by atoms with Crippen molar-refractivity contribution in [3.05, 3.63) is 89.5 Å². The molecular formula is C32H35F2N4O4+. The number of nitrogens with zero attached hydrogens (tertiary/aromatic N) is 3. The molecule has 0 spiro atoms. The molecule has 220 valence electrons. The Morgan fingerprint density at radius 3 is 2.19 bits per heavy atom. The van der Waals surface area contributed by atoms with Crippen LogP contribution in [0.2, 0.25) is 0 Å². The summed E-state index contributed by atoms with van der Waals surface area (Å²) in [5.74, 6) is -1.75. The number of phenolic OH excluding ortho intramolecular Hbond substituents is 1. The summed E-state index contributed by atoms with van der Waals surface area (Å²) in [5, 5.41) is 24.7. The van der Waals surface area contributed by atoms with Crippen molar-refractivity contribution < 1.29 is 33.1 Å². The van der Waals surface area contributed by atoms with E-state index >= 15 is 0 Å². The van der Waals surface area contributed by atoms with Crippen LogP contribution in [0.5, 0.6) is 5.75 Å². The molecule has 0 saturated carbocycles. The highest BCUT2D eigenvalue weighted by molar-refractivity contribution is 6.03. The third-order valence-electron chi connectivity index (χ3n) is 9.11. The van der Waals surface area contributed by atoms with Gasteiger partial charge in [-0.05, 0) is 60.9 Å². The molecule has 0 unspecified atom stereocenters. The zero-order valence-electron chi connectivity index (χ0n) is 23.3. The lowest BCUT2D eigenvalue weighted by atomic mass is 9.78. The van der Waals surface area contributed by atoms with Crippen LogP contribution in [-0.4, -0.2) is 77.2 Å². The van der Waals surface area contributed by atoms with Crippen molar-refractivity contribution >= 4 is 23.2 Å². The molecule has 3 N–H and O–H groups in total. The molecule has 3 atom stereocenters. The zero-order valence-corrected chi connectivity index (χ0v) is 23.3. The fourth-order valence-corrected chi connectivity index (χ4v) is 6.61. The van der Waals surface area contributed by atoms with Crippen molar-refractivity contribution in [1.29, 1.82) is 0 Å². The van der Waals surface area contributed by atoms with Gasteiger partial charge in [-0.25, -0.2) is 8.78 Å². The number of benzene rings is 3. The molecule has 3 aromatic carbocycles. The van der Waals surface area contributed by atoms with Crippen LogP contribution in [0.25, 0.3) is 0 Å². The van der Waals surface area contributed by atoms with Crippen LogP contribution in [0.1, 0.15) is 36.1 Å². The van der Waals surface area contributed by atoms with Gasteiger partial charge in [0.15, 0.2) is 6.54 Å². The van der Waals surface area contributed by atoms with E-state index in [0.717, 1.165) is 43.8 Å². The first-order chi connectivity index (χ1) is 20.2. The van der Waals surface area contributed by atoms with Gasteiger partial charge in [0, 0.05) is 42.6 Å². The summed E-state index contributed by atoms with van der Waals surface area (Å²) in [5.41, 5.74) is 2.01. The van der Waals surface area contributed by atoms with Crippen molar-refractivity contribution in [2.45, 2.75) is 25.0 Å². The number of aliphatic hydroxyl groups is 1. The van der Waals surface area contributed by atoms with Crippen molar-refractivity contribution in [3.8, 4) is 5.75 Å². The molecule has 0 aromatic heterocycles. The number of fused-ring (bicyclic) bond motifs is 3. The average Bonchev–Trinajstić information content (AvgIpc) is 2.98. The van der Waals surface area contributed by atoms with Crippen LogP contribution in [0.4, 0.5) is 20.2 Å². The topological polar surface area (TPSA) is 93.1 Å². The van der Waals surface area contributed by atoms with Gasteiger partial charge in [-0.2, -0.15) is 0 Å². The number of β-lactam (4-membered cyclic amide) rings is 1. The van der Waals surface area contributed by atoms with Gasteiger partial charge in [0.05, 0.1) is 37.7 Å².